The lowest BCUT2D eigenvalue weighted by atomic mass is 10.3. The smallest absolute Gasteiger partial charge is 0.534 e. The molecule has 11 heteroatoms. The average Bonchev–Trinajstić information content (AvgIpc) is 2.67. The summed E-state index contributed by atoms with van der Waals surface area (Å²) in [6, 6.07) is 1.03. The topological polar surface area (TPSA) is 110 Å². The minimum Gasteiger partial charge on any atom is -0.541 e. The standard InChI is InChI=1S/C9H4F3NO6S/c10-9(11,12)20(16,17)19-6-4-1-2-13-3-5(4)18-7(6)8(14)15/h1-3H,(H,14,15)/p-1. The minimum atomic E-state index is -6.04. The number of pyridine rings is 1. The van der Waals surface area contributed by atoms with E-state index < -0.39 is 33.1 Å². The number of halogens is 3. The lowest BCUT2D eigenvalue weighted by Gasteiger charge is -2.09. The number of carboxylic acids is 1. The molecule has 0 aliphatic carbocycles. The van der Waals surface area contributed by atoms with E-state index in [9.17, 15) is 31.5 Å². The third kappa shape index (κ3) is 2.27. The number of carbonyl (C=O) groups is 1. The molecule has 0 aromatic carbocycles. The molecule has 7 nitrogen and oxygen atoms in total. The van der Waals surface area contributed by atoms with Crippen molar-refractivity contribution in [1.29, 1.82) is 0 Å². The van der Waals surface area contributed by atoms with Crippen LogP contribution in [0.1, 0.15) is 10.6 Å². The Morgan fingerprint density at radius 1 is 1.40 bits per heavy atom. The summed E-state index contributed by atoms with van der Waals surface area (Å²) in [5.41, 5.74) is -5.98. The highest BCUT2D eigenvalue weighted by molar-refractivity contribution is 7.88. The van der Waals surface area contributed by atoms with Crippen LogP contribution in [-0.4, -0.2) is 24.9 Å². The fourth-order valence-electron chi connectivity index (χ4n) is 1.30. The van der Waals surface area contributed by atoms with E-state index in [-0.39, 0.29) is 11.0 Å². The predicted molar refractivity (Wildman–Crippen MR) is 53.9 cm³/mol. The quantitative estimate of drug-likeness (QED) is 0.597. The first kappa shape index (κ1) is 14.1. The lowest BCUT2D eigenvalue weighted by Crippen LogP contribution is -2.29. The molecule has 0 N–H and O–H groups in total. The summed E-state index contributed by atoms with van der Waals surface area (Å²) < 4.78 is 67.0. The Morgan fingerprint density at radius 2 is 2.05 bits per heavy atom. The number of furan rings is 1. The molecule has 20 heavy (non-hydrogen) atoms. The van der Waals surface area contributed by atoms with Crippen molar-refractivity contribution in [3.05, 3.63) is 24.2 Å². The van der Waals surface area contributed by atoms with E-state index in [1.807, 2.05) is 0 Å². The molecule has 0 fully saturated rings. The second kappa shape index (κ2) is 4.37. The number of alkyl halides is 3. The van der Waals surface area contributed by atoms with E-state index in [1.54, 1.807) is 0 Å². The maximum absolute atomic E-state index is 12.2. The van der Waals surface area contributed by atoms with Crippen LogP contribution in [0.15, 0.2) is 22.9 Å². The first-order chi connectivity index (χ1) is 9.13. The molecular formula is C9H3F3NO6S-. The summed E-state index contributed by atoms with van der Waals surface area (Å²) in [7, 11) is -6.04. The highest BCUT2D eigenvalue weighted by Gasteiger charge is 2.49. The number of fused-ring (bicyclic) bond motifs is 1. The van der Waals surface area contributed by atoms with E-state index in [2.05, 4.69) is 13.6 Å². The van der Waals surface area contributed by atoms with Crippen molar-refractivity contribution in [2.75, 3.05) is 0 Å². The van der Waals surface area contributed by atoms with Crippen molar-refractivity contribution in [3.63, 3.8) is 0 Å². The summed E-state index contributed by atoms with van der Waals surface area (Å²) in [5, 5.41) is 10.4. The van der Waals surface area contributed by atoms with Crippen molar-refractivity contribution in [2.45, 2.75) is 5.51 Å². The Balaban J connectivity index is 2.65. The molecule has 108 valence electrons. The van der Waals surface area contributed by atoms with Gasteiger partial charge in [0.05, 0.1) is 11.6 Å². The van der Waals surface area contributed by atoms with Crippen LogP contribution in [0.4, 0.5) is 13.2 Å². The molecule has 2 aromatic rings. The number of hydrogen-bond donors (Lipinski definition) is 0. The zero-order chi connectivity index (χ0) is 15.1. The maximum Gasteiger partial charge on any atom is 0.534 e. The third-order valence-corrected chi connectivity index (χ3v) is 3.06. The van der Waals surface area contributed by atoms with Crippen molar-refractivity contribution < 1.29 is 40.1 Å². The minimum absolute atomic E-state index is 0.265. The first-order valence-electron chi connectivity index (χ1n) is 4.72. The van der Waals surface area contributed by atoms with Gasteiger partial charge < -0.3 is 18.5 Å². The summed E-state index contributed by atoms with van der Waals surface area (Å²) >= 11 is 0. The zero-order valence-electron chi connectivity index (χ0n) is 9.17. The van der Waals surface area contributed by atoms with Gasteiger partial charge in [0, 0.05) is 6.20 Å². The van der Waals surface area contributed by atoms with Crippen LogP contribution >= 0.6 is 0 Å². The molecule has 2 aromatic heterocycles. The van der Waals surface area contributed by atoms with Crippen molar-refractivity contribution >= 4 is 27.1 Å². The van der Waals surface area contributed by atoms with Crippen molar-refractivity contribution in [2.24, 2.45) is 0 Å². The van der Waals surface area contributed by atoms with E-state index >= 15 is 0 Å². The third-order valence-electron chi connectivity index (χ3n) is 2.11. The molecule has 0 radical (unpaired) electrons. The Bertz CT molecular complexity index is 779. The SMILES string of the molecule is O=C([O-])c1oc2cnccc2c1OS(=O)(=O)C(F)(F)F. The second-order valence-electron chi connectivity index (χ2n) is 3.40. The summed E-state index contributed by atoms with van der Waals surface area (Å²) in [5.74, 6) is -4.32. The number of carbonyl (C=O) groups excluding carboxylic acids is 1. The van der Waals surface area contributed by atoms with Gasteiger partial charge in [0.2, 0.25) is 0 Å². The summed E-state index contributed by atoms with van der Waals surface area (Å²) in [6.45, 7) is 0. The molecule has 0 aliphatic rings. The fraction of sp³-hybridized carbons (Fsp3) is 0.111. The zero-order valence-corrected chi connectivity index (χ0v) is 9.99. The van der Waals surface area contributed by atoms with Gasteiger partial charge in [0.25, 0.3) is 0 Å². The van der Waals surface area contributed by atoms with Gasteiger partial charge in [-0.3, -0.25) is 4.98 Å². The molecule has 0 aliphatic heterocycles. The van der Waals surface area contributed by atoms with E-state index in [4.69, 9.17) is 0 Å². The van der Waals surface area contributed by atoms with Crippen LogP contribution in [0, 0.1) is 0 Å². The molecular weight excluding hydrogens is 307 g/mol. The Labute approximate surface area is 108 Å². The van der Waals surface area contributed by atoms with Gasteiger partial charge in [-0.25, -0.2) is 0 Å². The number of nitrogens with zero attached hydrogens (tertiary/aromatic N) is 1. The van der Waals surface area contributed by atoms with Crippen molar-refractivity contribution in [3.8, 4) is 5.75 Å². The van der Waals surface area contributed by atoms with E-state index in [0.29, 0.717) is 0 Å². The van der Waals surface area contributed by atoms with Gasteiger partial charge in [-0.15, -0.1) is 0 Å². The van der Waals surface area contributed by atoms with Crippen LogP contribution < -0.4 is 9.29 Å². The number of rotatable bonds is 3. The molecule has 2 heterocycles. The predicted octanol–water partition coefficient (Wildman–Crippen LogP) is 0.420. The van der Waals surface area contributed by atoms with Gasteiger partial charge in [-0.1, -0.05) is 0 Å². The van der Waals surface area contributed by atoms with Gasteiger partial charge in [-0.05, 0) is 6.07 Å². The Kier molecular flexibility index (Phi) is 3.08. The summed E-state index contributed by atoms with van der Waals surface area (Å²) in [6.07, 6.45) is 2.07. The van der Waals surface area contributed by atoms with Gasteiger partial charge in [0.1, 0.15) is 5.97 Å². The molecule has 0 unspecified atom stereocenters. The number of hydrogen-bond acceptors (Lipinski definition) is 7. The normalized spacial score (nSPS) is 12.6. The van der Waals surface area contributed by atoms with Crippen LogP contribution in [0.3, 0.4) is 0 Å². The largest absolute Gasteiger partial charge is 0.541 e. The molecule has 0 saturated heterocycles. The molecule has 0 amide bonds. The molecule has 0 saturated carbocycles. The van der Waals surface area contributed by atoms with Gasteiger partial charge >= 0.3 is 15.6 Å². The molecule has 0 bridgehead atoms. The monoisotopic (exact) mass is 310 g/mol. The molecule has 0 atom stereocenters. The van der Waals surface area contributed by atoms with E-state index in [0.717, 1.165) is 18.5 Å². The van der Waals surface area contributed by atoms with Crippen LogP contribution in [-0.2, 0) is 10.1 Å². The lowest BCUT2D eigenvalue weighted by molar-refractivity contribution is -0.257. The van der Waals surface area contributed by atoms with Gasteiger partial charge in [0.15, 0.2) is 17.1 Å². The molecule has 2 rings (SSSR count). The second-order valence-corrected chi connectivity index (χ2v) is 4.94. The number of carboxylic acid groups (broad SMARTS) is 1. The Hall–Kier alpha value is -2.30. The first-order valence-corrected chi connectivity index (χ1v) is 6.13. The highest BCUT2D eigenvalue weighted by atomic mass is 32.2. The average molecular weight is 310 g/mol. The van der Waals surface area contributed by atoms with Gasteiger partial charge in [-0.2, -0.15) is 21.6 Å². The number of aromatic carboxylic acids is 1. The highest BCUT2D eigenvalue weighted by Crippen LogP contribution is 2.36. The van der Waals surface area contributed by atoms with Crippen LogP contribution in [0.2, 0.25) is 0 Å². The molecule has 0 spiro atoms. The maximum atomic E-state index is 12.2. The Morgan fingerprint density at radius 3 is 2.60 bits per heavy atom. The van der Waals surface area contributed by atoms with Crippen molar-refractivity contribution in [1.82, 2.24) is 4.98 Å². The van der Waals surface area contributed by atoms with Crippen LogP contribution in [0.25, 0.3) is 11.0 Å². The fourth-order valence-corrected chi connectivity index (χ4v) is 1.78. The van der Waals surface area contributed by atoms with E-state index in [1.165, 1.54) is 0 Å². The summed E-state index contributed by atoms with van der Waals surface area (Å²) in [4.78, 5) is 14.3. The number of aromatic nitrogens is 1. The van der Waals surface area contributed by atoms with Crippen LogP contribution in [0.5, 0.6) is 5.75 Å².